The van der Waals surface area contributed by atoms with E-state index in [0.29, 0.717) is 0 Å². The van der Waals surface area contributed by atoms with Gasteiger partial charge in [0.2, 0.25) is 8.32 Å². The van der Waals surface area contributed by atoms with E-state index < -0.39 is 16.6 Å². The molecule has 0 atom stereocenters. The Hall–Kier alpha value is -0.679. The highest BCUT2D eigenvalue weighted by molar-refractivity contribution is 7.96. The van der Waals surface area contributed by atoms with Crippen molar-refractivity contribution in [2.24, 2.45) is 0 Å². The second kappa shape index (κ2) is 18.4. The Morgan fingerprint density at radius 2 is 1.07 bits per heavy atom. The predicted octanol–water partition coefficient (Wildman–Crippen LogP) is 11.4. The van der Waals surface area contributed by atoms with Gasteiger partial charge in [-0.3, -0.25) is 0 Å². The van der Waals surface area contributed by atoms with Gasteiger partial charge in [-0.2, -0.15) is 0 Å². The molecule has 7 heteroatoms. The van der Waals surface area contributed by atoms with Crippen molar-refractivity contribution >= 4 is 38.2 Å². The van der Waals surface area contributed by atoms with Gasteiger partial charge in [-0.25, -0.2) is 0 Å². The van der Waals surface area contributed by atoms with Crippen LogP contribution in [0.25, 0.3) is 0 Å². The summed E-state index contributed by atoms with van der Waals surface area (Å²) in [5.41, 5.74) is 2.24. The average molecular weight is 703 g/mol. The third kappa shape index (κ3) is 10.4. The molecule has 0 aliphatic carbocycles. The molecule has 0 unspecified atom stereocenters. The molecule has 0 fully saturated rings. The van der Waals surface area contributed by atoms with E-state index in [9.17, 15) is 0 Å². The Labute approximate surface area is 294 Å². The first-order chi connectivity index (χ1) is 21.8. The molecule has 3 nitrogen and oxygen atoms in total. The van der Waals surface area contributed by atoms with E-state index in [1.807, 2.05) is 0 Å². The summed E-state index contributed by atoms with van der Waals surface area (Å²) in [4.78, 5) is 0. The second-order valence-corrected chi connectivity index (χ2v) is 25.9. The van der Waals surface area contributed by atoms with Crippen LogP contribution in [0.15, 0.2) is 60.7 Å². The van der Waals surface area contributed by atoms with E-state index >= 15 is 0 Å². The lowest BCUT2D eigenvalue weighted by atomic mass is 9.78. The number of benzene rings is 2. The molecular weight excluding hydrogens is 633 g/mol. The molecule has 0 N–H and O–H groups in total. The van der Waals surface area contributed by atoms with Gasteiger partial charge in [0.15, 0.2) is 8.32 Å². The molecule has 0 aliphatic heterocycles. The topological polar surface area (TPSA) is 27.7 Å². The molecule has 2 aromatic rings. The van der Waals surface area contributed by atoms with Crippen molar-refractivity contribution in [1.29, 1.82) is 0 Å². The fraction of sp³-hybridized carbons (Fsp3) is 0.692. The van der Waals surface area contributed by atoms with Crippen molar-refractivity contribution in [3.05, 3.63) is 71.8 Å². The molecule has 2 rings (SSSR count). The Balaban J connectivity index is 2.89. The van der Waals surface area contributed by atoms with Crippen LogP contribution in [0.5, 0.6) is 0 Å². The minimum Gasteiger partial charge on any atom is -0.412 e. The standard InChI is InChI=1S/C39H70O3SSi3/c1-13-36(14-2,41-45(10,11)12)33-46(31-34-27-23-21-24-28-34,32-35-29-25-22-26-30-35)42-37(15-3,16-4)38(17-5,18-6)43-40-39(19-7,20-8)44-9/h21-30H,13-20,31-33,44H2,1-12H3. The third-order valence-corrected chi connectivity index (χ3v) is 20.6. The maximum absolute atomic E-state index is 8.30. The summed E-state index contributed by atoms with van der Waals surface area (Å²) in [6, 6.07) is 25.3. The lowest BCUT2D eigenvalue weighted by Crippen LogP contribution is -2.63. The Morgan fingerprint density at radius 3 is 1.39 bits per heavy atom. The lowest BCUT2D eigenvalue weighted by Gasteiger charge is -2.55. The summed E-state index contributed by atoms with van der Waals surface area (Å²) in [5.74, 6) is 0. The fourth-order valence-electron chi connectivity index (χ4n) is 7.88. The van der Waals surface area contributed by atoms with Crippen LogP contribution in [-0.2, 0) is 25.1 Å². The Kier molecular flexibility index (Phi) is 16.6. The summed E-state index contributed by atoms with van der Waals surface area (Å²) in [6.45, 7) is 28.3. The van der Waals surface area contributed by atoms with Gasteiger partial charge in [0.25, 0.3) is 0 Å². The van der Waals surface area contributed by atoms with Gasteiger partial charge in [-0.15, -0.1) is 0 Å². The molecule has 46 heavy (non-hydrogen) atoms. The monoisotopic (exact) mass is 702 g/mol. The third-order valence-electron chi connectivity index (χ3n) is 11.0. The second-order valence-electron chi connectivity index (χ2n) is 14.7. The zero-order chi connectivity index (χ0) is 34.5. The number of hydrogen-bond acceptors (Lipinski definition) is 4. The highest BCUT2D eigenvalue weighted by Gasteiger charge is 2.56. The van der Waals surface area contributed by atoms with Crippen LogP contribution in [0, 0.1) is 0 Å². The van der Waals surface area contributed by atoms with Crippen LogP contribution in [0.2, 0.25) is 32.2 Å². The van der Waals surface area contributed by atoms with E-state index in [0.717, 1.165) is 69.5 Å². The van der Waals surface area contributed by atoms with E-state index in [1.54, 1.807) is 12.0 Å². The van der Waals surface area contributed by atoms with Crippen molar-refractivity contribution in [3.8, 4) is 0 Å². The first-order valence-electron chi connectivity index (χ1n) is 18.6. The maximum Gasteiger partial charge on any atom is 0.205 e. The normalized spacial score (nSPS) is 14.0. The molecule has 0 saturated heterocycles. The highest BCUT2D eigenvalue weighted by Crippen LogP contribution is 2.53. The quantitative estimate of drug-likeness (QED) is 0.0851. The van der Waals surface area contributed by atoms with Gasteiger partial charge >= 0.3 is 0 Å². The Bertz CT molecular complexity index is 1060. The molecule has 0 amide bonds. The zero-order valence-corrected chi connectivity index (χ0v) is 36.1. The number of rotatable bonds is 23. The molecular formula is C39H70O3SSi3. The summed E-state index contributed by atoms with van der Waals surface area (Å²) < 4.78 is 22.5. The molecule has 0 aromatic heterocycles. The van der Waals surface area contributed by atoms with Gasteiger partial charge < -0.3 is 13.0 Å². The molecule has 0 heterocycles. The van der Waals surface area contributed by atoms with Crippen molar-refractivity contribution in [2.45, 2.75) is 172 Å². The largest absolute Gasteiger partial charge is 0.412 e. The van der Waals surface area contributed by atoms with Gasteiger partial charge in [0, 0.05) is 12.0 Å². The fourth-order valence-corrected chi connectivity index (χ4v) is 18.3. The average Bonchev–Trinajstić information content (AvgIpc) is 3.06. The van der Waals surface area contributed by atoms with Gasteiger partial charge in [-0.1, -0.05) is 123 Å². The summed E-state index contributed by atoms with van der Waals surface area (Å²) in [5, 5.41) is 0.0286. The van der Waals surface area contributed by atoms with Crippen LogP contribution in [0.1, 0.15) is 118 Å². The summed E-state index contributed by atoms with van der Waals surface area (Å²) >= 11 is 1.81. The first-order valence-corrected chi connectivity index (χ1v) is 27.4. The van der Waals surface area contributed by atoms with Crippen LogP contribution in [0.3, 0.4) is 0 Å². The van der Waals surface area contributed by atoms with Crippen molar-refractivity contribution in [2.75, 3.05) is 0 Å². The van der Waals surface area contributed by atoms with E-state index in [2.05, 4.69) is 142 Å². The summed E-state index contributed by atoms with van der Waals surface area (Å²) in [6.07, 6.45) is 8.14. The molecule has 0 saturated carbocycles. The maximum atomic E-state index is 8.30. The first kappa shape index (κ1) is 41.5. The highest BCUT2D eigenvalue weighted by atomic mass is 32.2. The molecule has 0 bridgehead atoms. The lowest BCUT2D eigenvalue weighted by molar-refractivity contribution is -0.0102. The van der Waals surface area contributed by atoms with Crippen molar-refractivity contribution < 1.29 is 13.0 Å². The van der Waals surface area contributed by atoms with E-state index in [1.165, 1.54) is 11.1 Å². The minimum atomic E-state index is -2.64. The smallest absolute Gasteiger partial charge is 0.205 e. The molecule has 262 valence electrons. The SMILES string of the molecule is CCC(CC)(C[Si](Cc1ccccc1)(Cc1ccccc1)OC(CC)(CC)C(CC)(CC)SOC(CC)(CC)[SiH2]C)O[Si](C)(C)C. The molecule has 0 spiro atoms. The predicted molar refractivity (Wildman–Crippen MR) is 213 cm³/mol. The van der Waals surface area contributed by atoms with Crippen LogP contribution in [0.4, 0.5) is 0 Å². The van der Waals surface area contributed by atoms with Gasteiger partial charge in [-0.05, 0) is 100 Å². The zero-order valence-electron chi connectivity index (χ0n) is 31.9. The Morgan fingerprint density at radius 1 is 0.609 bits per heavy atom. The number of hydrogen-bond donors (Lipinski definition) is 0. The van der Waals surface area contributed by atoms with E-state index in [4.69, 9.17) is 13.0 Å². The van der Waals surface area contributed by atoms with Gasteiger partial charge in [0.1, 0.15) is 0 Å². The van der Waals surface area contributed by atoms with Crippen LogP contribution < -0.4 is 0 Å². The molecule has 0 aliphatic rings. The minimum absolute atomic E-state index is 0.0286. The van der Waals surface area contributed by atoms with E-state index in [-0.39, 0.29) is 30.7 Å². The van der Waals surface area contributed by atoms with Crippen LogP contribution >= 0.6 is 12.0 Å². The molecule has 0 radical (unpaired) electrons. The summed E-state index contributed by atoms with van der Waals surface area (Å²) in [7, 11) is -4.85. The van der Waals surface area contributed by atoms with Gasteiger partial charge in [0.05, 0.1) is 30.7 Å². The van der Waals surface area contributed by atoms with Crippen LogP contribution in [-0.4, -0.2) is 47.3 Å². The van der Waals surface area contributed by atoms with Crippen molar-refractivity contribution in [1.82, 2.24) is 0 Å². The molecule has 2 aromatic carbocycles. The van der Waals surface area contributed by atoms with Crippen molar-refractivity contribution in [3.63, 3.8) is 0 Å².